The van der Waals surface area contributed by atoms with E-state index in [0.29, 0.717) is 6.10 Å². The van der Waals surface area contributed by atoms with Gasteiger partial charge in [-0.1, -0.05) is 64.7 Å². The number of epoxide rings is 1. The lowest BCUT2D eigenvalue weighted by atomic mass is 10.1. The van der Waals surface area contributed by atoms with Crippen molar-refractivity contribution in [1.82, 2.24) is 0 Å². The van der Waals surface area contributed by atoms with Gasteiger partial charge in [0.05, 0.1) is 0 Å². The summed E-state index contributed by atoms with van der Waals surface area (Å²) in [6.07, 6.45) is 14.3. The third kappa shape index (κ3) is 8.62. The predicted molar refractivity (Wildman–Crippen MR) is 72.1 cm³/mol. The second-order valence-electron chi connectivity index (χ2n) is 5.26. The third-order valence-corrected chi connectivity index (χ3v) is 3.44. The first-order valence-electron chi connectivity index (χ1n) is 7.61. The minimum atomic E-state index is 0.119. The number of unbranched alkanes of at least 4 members (excludes halogenated alkanes) is 9. The second kappa shape index (κ2) is 9.90. The summed E-state index contributed by atoms with van der Waals surface area (Å²) in [7, 11) is 0. The summed E-state index contributed by atoms with van der Waals surface area (Å²) >= 11 is 0. The highest BCUT2D eigenvalue weighted by Crippen LogP contribution is 2.22. The van der Waals surface area contributed by atoms with Crippen molar-refractivity contribution in [2.75, 3.05) is 6.61 Å². The van der Waals surface area contributed by atoms with Crippen molar-refractivity contribution in [3.8, 4) is 0 Å². The van der Waals surface area contributed by atoms with Crippen molar-refractivity contribution < 1.29 is 9.47 Å². The Morgan fingerprint density at radius 1 is 0.824 bits per heavy atom. The molecule has 0 aromatic rings. The molecule has 1 heterocycles. The van der Waals surface area contributed by atoms with Crippen LogP contribution < -0.4 is 0 Å². The van der Waals surface area contributed by atoms with E-state index in [1.807, 2.05) is 0 Å². The molecule has 0 aliphatic carbocycles. The molecule has 2 nitrogen and oxygen atoms in total. The Kier molecular flexibility index (Phi) is 8.72. The van der Waals surface area contributed by atoms with Crippen LogP contribution in [0.3, 0.4) is 0 Å². The van der Waals surface area contributed by atoms with Gasteiger partial charge in [0.1, 0.15) is 6.10 Å². The second-order valence-corrected chi connectivity index (χ2v) is 5.26. The minimum Gasteiger partial charge on any atom is -0.350 e. The third-order valence-electron chi connectivity index (χ3n) is 3.44. The lowest BCUT2D eigenvalue weighted by Crippen LogP contribution is -1.99. The molecule has 1 rings (SSSR count). The first kappa shape index (κ1) is 15.0. The summed E-state index contributed by atoms with van der Waals surface area (Å²) < 4.78 is 10.7. The highest BCUT2D eigenvalue weighted by molar-refractivity contribution is 4.69. The largest absolute Gasteiger partial charge is 0.350 e. The van der Waals surface area contributed by atoms with E-state index in [1.54, 1.807) is 0 Å². The maximum atomic E-state index is 5.51. The highest BCUT2D eigenvalue weighted by Gasteiger charge is 2.34. The zero-order valence-corrected chi connectivity index (χ0v) is 11.7. The van der Waals surface area contributed by atoms with Gasteiger partial charge in [-0.3, -0.25) is 0 Å². The van der Waals surface area contributed by atoms with Crippen LogP contribution in [-0.4, -0.2) is 19.0 Å². The van der Waals surface area contributed by atoms with Crippen LogP contribution in [-0.2, 0) is 9.47 Å². The molecule has 0 saturated carbocycles. The smallest absolute Gasteiger partial charge is 0.184 e. The van der Waals surface area contributed by atoms with Gasteiger partial charge in [0, 0.05) is 6.61 Å². The monoisotopic (exact) mass is 242 g/mol. The van der Waals surface area contributed by atoms with E-state index < -0.39 is 0 Å². The SMILES string of the molecule is CCCCCCCCCCCCOC1OC1C. The summed E-state index contributed by atoms with van der Waals surface area (Å²) in [5.41, 5.74) is 0. The van der Waals surface area contributed by atoms with E-state index in [0.717, 1.165) is 6.61 Å². The maximum absolute atomic E-state index is 5.51. The Morgan fingerprint density at radius 2 is 1.29 bits per heavy atom. The van der Waals surface area contributed by atoms with Crippen LogP contribution >= 0.6 is 0 Å². The molecule has 0 N–H and O–H groups in total. The van der Waals surface area contributed by atoms with E-state index in [1.165, 1.54) is 64.2 Å². The molecule has 0 amide bonds. The molecule has 1 aliphatic heterocycles. The molecule has 1 aliphatic rings. The number of ether oxygens (including phenoxy) is 2. The van der Waals surface area contributed by atoms with E-state index in [9.17, 15) is 0 Å². The minimum absolute atomic E-state index is 0.119. The van der Waals surface area contributed by atoms with E-state index in [2.05, 4.69) is 13.8 Å². The molecule has 0 radical (unpaired) electrons. The molecule has 2 atom stereocenters. The molecule has 0 bridgehead atoms. The van der Waals surface area contributed by atoms with Crippen LogP contribution in [0.1, 0.15) is 78.1 Å². The summed E-state index contributed by atoms with van der Waals surface area (Å²) in [5.74, 6) is 0. The molecule has 2 unspecified atom stereocenters. The quantitative estimate of drug-likeness (QED) is 0.366. The summed E-state index contributed by atoms with van der Waals surface area (Å²) in [4.78, 5) is 0. The topological polar surface area (TPSA) is 21.8 Å². The summed E-state index contributed by atoms with van der Waals surface area (Å²) in [6.45, 7) is 5.21. The molecule has 1 saturated heterocycles. The summed E-state index contributed by atoms with van der Waals surface area (Å²) in [5, 5.41) is 0. The van der Waals surface area contributed by atoms with Crippen molar-refractivity contribution in [2.24, 2.45) is 0 Å². The van der Waals surface area contributed by atoms with Crippen molar-refractivity contribution in [1.29, 1.82) is 0 Å². The average Bonchev–Trinajstić information content (AvgIpc) is 3.02. The standard InChI is InChI=1S/C15H30O2/c1-3-4-5-6-7-8-9-10-11-12-13-16-15-14(2)17-15/h14-15H,3-13H2,1-2H3. The Morgan fingerprint density at radius 3 is 1.76 bits per heavy atom. The Bertz CT molecular complexity index is 170. The molecule has 0 aromatic carbocycles. The van der Waals surface area contributed by atoms with Crippen LogP contribution in [0.2, 0.25) is 0 Å². The molecule has 102 valence electrons. The summed E-state index contributed by atoms with van der Waals surface area (Å²) in [6, 6.07) is 0. The molecular formula is C15H30O2. The number of hydrogen-bond acceptors (Lipinski definition) is 2. The molecule has 2 heteroatoms. The Hall–Kier alpha value is -0.0800. The zero-order valence-electron chi connectivity index (χ0n) is 11.7. The van der Waals surface area contributed by atoms with Crippen molar-refractivity contribution in [2.45, 2.75) is 90.4 Å². The molecule has 0 aromatic heterocycles. The van der Waals surface area contributed by atoms with Crippen LogP contribution in [0.25, 0.3) is 0 Å². The van der Waals surface area contributed by atoms with Crippen LogP contribution in [0.4, 0.5) is 0 Å². The Labute approximate surface area is 107 Å². The fraction of sp³-hybridized carbons (Fsp3) is 1.00. The first-order chi connectivity index (χ1) is 8.34. The van der Waals surface area contributed by atoms with Gasteiger partial charge in [-0.05, 0) is 13.3 Å². The predicted octanol–water partition coefficient (Wildman–Crippen LogP) is 4.67. The fourth-order valence-corrected chi connectivity index (χ4v) is 2.13. The molecule has 17 heavy (non-hydrogen) atoms. The van der Waals surface area contributed by atoms with E-state index in [-0.39, 0.29) is 6.29 Å². The first-order valence-corrected chi connectivity index (χ1v) is 7.61. The van der Waals surface area contributed by atoms with E-state index in [4.69, 9.17) is 9.47 Å². The molecular weight excluding hydrogens is 212 g/mol. The van der Waals surface area contributed by atoms with Gasteiger partial charge in [0.15, 0.2) is 6.29 Å². The average molecular weight is 242 g/mol. The van der Waals surface area contributed by atoms with Crippen LogP contribution in [0.15, 0.2) is 0 Å². The molecule has 1 fully saturated rings. The Balaban J connectivity index is 1.64. The number of hydrogen-bond donors (Lipinski definition) is 0. The lowest BCUT2D eigenvalue weighted by molar-refractivity contribution is 0.0478. The van der Waals surface area contributed by atoms with Gasteiger partial charge in [0.25, 0.3) is 0 Å². The zero-order chi connectivity index (χ0) is 12.3. The van der Waals surface area contributed by atoms with Crippen LogP contribution in [0, 0.1) is 0 Å². The molecule has 0 spiro atoms. The van der Waals surface area contributed by atoms with Gasteiger partial charge in [0.2, 0.25) is 0 Å². The van der Waals surface area contributed by atoms with Gasteiger partial charge < -0.3 is 9.47 Å². The lowest BCUT2D eigenvalue weighted by Gasteiger charge is -2.02. The maximum Gasteiger partial charge on any atom is 0.184 e. The van der Waals surface area contributed by atoms with Gasteiger partial charge in [-0.2, -0.15) is 0 Å². The fourth-order valence-electron chi connectivity index (χ4n) is 2.13. The van der Waals surface area contributed by atoms with Crippen molar-refractivity contribution in [3.05, 3.63) is 0 Å². The number of rotatable bonds is 12. The van der Waals surface area contributed by atoms with Gasteiger partial charge in [-0.25, -0.2) is 0 Å². The van der Waals surface area contributed by atoms with E-state index >= 15 is 0 Å². The normalized spacial score (nSPS) is 22.9. The van der Waals surface area contributed by atoms with Crippen molar-refractivity contribution >= 4 is 0 Å². The highest BCUT2D eigenvalue weighted by atomic mass is 16.8. The van der Waals surface area contributed by atoms with Crippen LogP contribution in [0.5, 0.6) is 0 Å². The van der Waals surface area contributed by atoms with Crippen molar-refractivity contribution in [3.63, 3.8) is 0 Å². The van der Waals surface area contributed by atoms with Gasteiger partial charge in [-0.15, -0.1) is 0 Å². The van der Waals surface area contributed by atoms with Gasteiger partial charge >= 0.3 is 0 Å².